The predicted octanol–water partition coefficient (Wildman–Crippen LogP) is 2.50. The third-order valence-electron chi connectivity index (χ3n) is 4.56. The molecule has 1 aromatic carbocycles. The lowest BCUT2D eigenvalue weighted by atomic mass is 10.1. The number of benzene rings is 1. The highest BCUT2D eigenvalue weighted by atomic mass is 35.5. The van der Waals surface area contributed by atoms with E-state index in [-0.39, 0.29) is 11.9 Å². The number of halogens is 1. The summed E-state index contributed by atoms with van der Waals surface area (Å²) in [6.45, 7) is 4.30. The van der Waals surface area contributed by atoms with Gasteiger partial charge in [-0.3, -0.25) is 4.79 Å². The Kier molecular flexibility index (Phi) is 4.90. The standard InChI is InChI=1S/C17H20ClN3O3S/c1-3-25(23,24)19-14-6-8-21(9-7-14)17(22)16-11-12-10-13(18)4-5-15(12)20(16)2/h3-5,10-11,14,19H,1,6-9H2,2H3. The first kappa shape index (κ1) is 18.0. The number of nitrogens with one attached hydrogen (secondary N) is 1. The molecule has 2 aromatic rings. The summed E-state index contributed by atoms with van der Waals surface area (Å²) in [5, 5.41) is 2.46. The van der Waals surface area contributed by atoms with E-state index in [0.717, 1.165) is 16.3 Å². The van der Waals surface area contributed by atoms with E-state index in [0.29, 0.717) is 36.6 Å². The molecule has 1 aliphatic heterocycles. The van der Waals surface area contributed by atoms with Gasteiger partial charge in [-0.15, -0.1) is 0 Å². The van der Waals surface area contributed by atoms with Crippen LogP contribution in [0.15, 0.2) is 36.3 Å². The maximum absolute atomic E-state index is 12.8. The van der Waals surface area contributed by atoms with E-state index < -0.39 is 10.0 Å². The van der Waals surface area contributed by atoms with Crippen molar-refractivity contribution in [2.75, 3.05) is 13.1 Å². The van der Waals surface area contributed by atoms with Crippen LogP contribution in [0.5, 0.6) is 0 Å². The Hall–Kier alpha value is -1.83. The van der Waals surface area contributed by atoms with Gasteiger partial charge < -0.3 is 9.47 Å². The van der Waals surface area contributed by atoms with Crippen LogP contribution in [0.25, 0.3) is 10.9 Å². The molecule has 1 aromatic heterocycles. The summed E-state index contributed by atoms with van der Waals surface area (Å²) >= 11 is 6.02. The Morgan fingerprint density at radius 1 is 1.32 bits per heavy atom. The molecule has 0 saturated carbocycles. The summed E-state index contributed by atoms with van der Waals surface area (Å²) in [6.07, 6.45) is 1.16. The molecule has 0 unspecified atom stereocenters. The molecule has 0 radical (unpaired) electrons. The SMILES string of the molecule is C=CS(=O)(=O)NC1CCN(C(=O)c2cc3cc(Cl)ccc3n2C)CC1. The van der Waals surface area contributed by atoms with Crippen LogP contribution in [0, 0.1) is 0 Å². The van der Waals surface area contributed by atoms with Crippen LogP contribution in [0.1, 0.15) is 23.3 Å². The summed E-state index contributed by atoms with van der Waals surface area (Å²) in [6, 6.07) is 7.21. The van der Waals surface area contributed by atoms with Crippen LogP contribution >= 0.6 is 11.6 Å². The zero-order chi connectivity index (χ0) is 18.2. The Morgan fingerprint density at radius 2 is 2.00 bits per heavy atom. The van der Waals surface area contributed by atoms with Gasteiger partial charge in [-0.1, -0.05) is 18.2 Å². The number of carbonyl (C=O) groups is 1. The molecule has 1 aliphatic rings. The number of hydrogen-bond donors (Lipinski definition) is 1. The number of hydrogen-bond acceptors (Lipinski definition) is 3. The molecule has 8 heteroatoms. The number of carbonyl (C=O) groups excluding carboxylic acids is 1. The molecule has 25 heavy (non-hydrogen) atoms. The summed E-state index contributed by atoms with van der Waals surface area (Å²) < 4.78 is 27.5. The van der Waals surface area contributed by atoms with Gasteiger partial charge in [0, 0.05) is 47.5 Å². The minimum Gasteiger partial charge on any atom is -0.340 e. The van der Waals surface area contributed by atoms with Crippen molar-refractivity contribution in [3.63, 3.8) is 0 Å². The van der Waals surface area contributed by atoms with Crippen LogP contribution in [-0.4, -0.2) is 42.9 Å². The van der Waals surface area contributed by atoms with Crippen LogP contribution in [0.3, 0.4) is 0 Å². The summed E-state index contributed by atoms with van der Waals surface area (Å²) in [5.41, 5.74) is 1.55. The van der Waals surface area contributed by atoms with Gasteiger partial charge in [0.05, 0.1) is 0 Å². The molecule has 6 nitrogen and oxygen atoms in total. The van der Waals surface area contributed by atoms with Gasteiger partial charge >= 0.3 is 0 Å². The third kappa shape index (κ3) is 3.73. The summed E-state index contributed by atoms with van der Waals surface area (Å²) in [7, 11) is -1.59. The second-order valence-electron chi connectivity index (χ2n) is 6.19. The normalized spacial score (nSPS) is 16.3. The summed E-state index contributed by atoms with van der Waals surface area (Å²) in [4.78, 5) is 14.6. The highest BCUT2D eigenvalue weighted by molar-refractivity contribution is 7.92. The molecule has 3 rings (SSSR count). The number of piperidine rings is 1. The second kappa shape index (κ2) is 6.82. The Morgan fingerprint density at radius 3 is 2.64 bits per heavy atom. The molecule has 1 saturated heterocycles. The van der Waals surface area contributed by atoms with E-state index >= 15 is 0 Å². The Labute approximate surface area is 152 Å². The fraction of sp³-hybridized carbons (Fsp3) is 0.353. The maximum atomic E-state index is 12.8. The lowest BCUT2D eigenvalue weighted by Crippen LogP contribution is -2.46. The summed E-state index contributed by atoms with van der Waals surface area (Å²) in [5.74, 6) is -0.0557. The molecule has 0 aliphatic carbocycles. The van der Waals surface area contributed by atoms with Crippen molar-refractivity contribution < 1.29 is 13.2 Å². The number of rotatable bonds is 4. The van der Waals surface area contributed by atoms with Crippen LogP contribution in [0.4, 0.5) is 0 Å². The van der Waals surface area contributed by atoms with E-state index in [4.69, 9.17) is 11.6 Å². The van der Waals surface area contributed by atoms with Gasteiger partial charge in [0.1, 0.15) is 5.69 Å². The fourth-order valence-corrected chi connectivity index (χ4v) is 4.15. The van der Waals surface area contributed by atoms with E-state index in [1.54, 1.807) is 11.0 Å². The number of nitrogens with zero attached hydrogens (tertiary/aromatic N) is 2. The third-order valence-corrected chi connectivity index (χ3v) is 5.89. The molecule has 0 bridgehead atoms. The fourth-order valence-electron chi connectivity index (χ4n) is 3.17. The van der Waals surface area contributed by atoms with Crippen molar-refractivity contribution in [1.82, 2.24) is 14.2 Å². The molecular weight excluding hydrogens is 362 g/mol. The Balaban J connectivity index is 1.73. The van der Waals surface area contributed by atoms with Crippen molar-refractivity contribution >= 4 is 38.4 Å². The number of amides is 1. The average Bonchev–Trinajstić information content (AvgIpc) is 2.90. The number of sulfonamides is 1. The average molecular weight is 382 g/mol. The quantitative estimate of drug-likeness (QED) is 0.884. The highest BCUT2D eigenvalue weighted by Crippen LogP contribution is 2.24. The van der Waals surface area contributed by atoms with E-state index in [9.17, 15) is 13.2 Å². The highest BCUT2D eigenvalue weighted by Gasteiger charge is 2.27. The first-order chi connectivity index (χ1) is 11.8. The van der Waals surface area contributed by atoms with Gasteiger partial charge in [-0.05, 0) is 37.1 Å². The first-order valence-electron chi connectivity index (χ1n) is 8.00. The number of aryl methyl sites for hydroxylation is 1. The van der Waals surface area contributed by atoms with Gasteiger partial charge in [-0.2, -0.15) is 0 Å². The van der Waals surface area contributed by atoms with Crippen molar-refractivity contribution in [3.8, 4) is 0 Å². The van der Waals surface area contributed by atoms with Crippen LogP contribution in [-0.2, 0) is 17.1 Å². The van der Waals surface area contributed by atoms with Gasteiger partial charge in [0.2, 0.25) is 10.0 Å². The molecule has 0 atom stereocenters. The zero-order valence-electron chi connectivity index (χ0n) is 13.9. The van der Waals surface area contributed by atoms with Crippen LogP contribution in [0.2, 0.25) is 5.02 Å². The first-order valence-corrected chi connectivity index (χ1v) is 9.92. The molecule has 1 amide bonds. The van der Waals surface area contributed by atoms with Crippen LogP contribution < -0.4 is 4.72 Å². The van der Waals surface area contributed by atoms with Gasteiger partial charge in [-0.25, -0.2) is 13.1 Å². The van der Waals surface area contributed by atoms with E-state index in [1.165, 1.54) is 0 Å². The molecule has 2 heterocycles. The predicted molar refractivity (Wildman–Crippen MR) is 99.1 cm³/mol. The minimum absolute atomic E-state index is 0.0557. The number of fused-ring (bicyclic) bond motifs is 1. The lowest BCUT2D eigenvalue weighted by Gasteiger charge is -2.32. The monoisotopic (exact) mass is 381 g/mol. The van der Waals surface area contributed by atoms with Crippen molar-refractivity contribution in [2.45, 2.75) is 18.9 Å². The zero-order valence-corrected chi connectivity index (χ0v) is 15.5. The molecule has 1 N–H and O–H groups in total. The largest absolute Gasteiger partial charge is 0.340 e. The molecular formula is C17H20ClN3O3S. The number of likely N-dealkylation sites (tertiary alicyclic amines) is 1. The Bertz CT molecular complexity index is 928. The molecule has 0 spiro atoms. The maximum Gasteiger partial charge on any atom is 0.270 e. The van der Waals surface area contributed by atoms with Crippen molar-refractivity contribution in [1.29, 1.82) is 0 Å². The molecule has 1 fully saturated rings. The lowest BCUT2D eigenvalue weighted by molar-refractivity contribution is 0.0702. The minimum atomic E-state index is -3.44. The van der Waals surface area contributed by atoms with E-state index in [1.807, 2.05) is 29.8 Å². The number of aromatic nitrogens is 1. The topological polar surface area (TPSA) is 71.4 Å². The smallest absolute Gasteiger partial charge is 0.270 e. The van der Waals surface area contributed by atoms with E-state index in [2.05, 4.69) is 11.3 Å². The van der Waals surface area contributed by atoms with Gasteiger partial charge in [0.25, 0.3) is 5.91 Å². The second-order valence-corrected chi connectivity index (χ2v) is 8.28. The van der Waals surface area contributed by atoms with Crippen molar-refractivity contribution in [2.24, 2.45) is 7.05 Å². The van der Waals surface area contributed by atoms with Crippen molar-refractivity contribution in [3.05, 3.63) is 47.0 Å². The molecule has 134 valence electrons. The van der Waals surface area contributed by atoms with Gasteiger partial charge in [0.15, 0.2) is 0 Å².